The smallest absolute Gasteiger partial charge is 0.0962 e. The molecule has 1 aliphatic carbocycles. The fraction of sp³-hybridized carbons (Fsp3) is 0.400. The molecule has 0 radical (unpaired) electrons. The SMILES string of the molecule is NN(O)c1ccccc1-c1cnc(C2CCCCC2)s1. The Labute approximate surface area is 122 Å². The number of anilines is 1. The number of hydrogen-bond acceptors (Lipinski definition) is 5. The Hall–Kier alpha value is -1.43. The Morgan fingerprint density at radius 1 is 1.20 bits per heavy atom. The summed E-state index contributed by atoms with van der Waals surface area (Å²) in [6, 6.07) is 7.57. The van der Waals surface area contributed by atoms with Crippen LogP contribution in [0.1, 0.15) is 43.0 Å². The first-order chi connectivity index (χ1) is 9.75. The fourth-order valence-electron chi connectivity index (χ4n) is 2.83. The third kappa shape index (κ3) is 2.70. The number of nitrogens with two attached hydrogens (primary N) is 1. The van der Waals surface area contributed by atoms with Gasteiger partial charge in [-0.15, -0.1) is 11.3 Å². The van der Waals surface area contributed by atoms with Crippen molar-refractivity contribution >= 4 is 17.0 Å². The van der Waals surface area contributed by atoms with E-state index in [-0.39, 0.29) is 0 Å². The molecule has 0 unspecified atom stereocenters. The van der Waals surface area contributed by atoms with Gasteiger partial charge < -0.3 is 0 Å². The van der Waals surface area contributed by atoms with Gasteiger partial charge in [0.15, 0.2) is 0 Å². The molecule has 1 heterocycles. The van der Waals surface area contributed by atoms with Crippen LogP contribution in [0.5, 0.6) is 0 Å². The van der Waals surface area contributed by atoms with Crippen LogP contribution >= 0.6 is 11.3 Å². The standard InChI is InChI=1S/C15H19N3OS/c16-18(19)13-9-5-4-8-12(13)14-10-17-15(20-14)11-6-2-1-3-7-11/h4-5,8-11,19H,1-3,6-7,16H2. The highest BCUT2D eigenvalue weighted by Crippen LogP contribution is 2.39. The number of nitrogens with zero attached hydrogens (tertiary/aromatic N) is 2. The molecule has 0 saturated heterocycles. The van der Waals surface area contributed by atoms with Crippen molar-refractivity contribution in [1.82, 2.24) is 4.98 Å². The van der Waals surface area contributed by atoms with E-state index in [1.807, 2.05) is 24.4 Å². The molecule has 2 aromatic rings. The van der Waals surface area contributed by atoms with E-state index in [4.69, 9.17) is 5.84 Å². The predicted octanol–water partition coefficient (Wildman–Crippen LogP) is 3.93. The molecule has 1 saturated carbocycles. The molecule has 1 aromatic carbocycles. The van der Waals surface area contributed by atoms with Crippen LogP contribution in [0.25, 0.3) is 10.4 Å². The van der Waals surface area contributed by atoms with Crippen molar-refractivity contribution in [3.05, 3.63) is 35.5 Å². The van der Waals surface area contributed by atoms with Gasteiger partial charge in [-0.25, -0.2) is 10.8 Å². The minimum atomic E-state index is 0.603. The van der Waals surface area contributed by atoms with Crippen molar-refractivity contribution in [3.8, 4) is 10.4 Å². The van der Waals surface area contributed by atoms with Crippen molar-refractivity contribution in [2.24, 2.45) is 5.84 Å². The molecule has 1 aliphatic rings. The summed E-state index contributed by atoms with van der Waals surface area (Å²) in [5.74, 6) is 6.08. The molecule has 20 heavy (non-hydrogen) atoms. The lowest BCUT2D eigenvalue weighted by Gasteiger charge is -2.19. The van der Waals surface area contributed by atoms with Crippen molar-refractivity contribution in [2.45, 2.75) is 38.0 Å². The first-order valence-corrected chi connectivity index (χ1v) is 7.86. The van der Waals surface area contributed by atoms with Gasteiger partial charge in [-0.05, 0) is 18.9 Å². The molecule has 0 bridgehead atoms. The van der Waals surface area contributed by atoms with Crippen LogP contribution in [-0.2, 0) is 0 Å². The molecule has 0 atom stereocenters. The van der Waals surface area contributed by atoms with Gasteiger partial charge >= 0.3 is 0 Å². The van der Waals surface area contributed by atoms with Crippen LogP contribution in [-0.4, -0.2) is 10.2 Å². The first-order valence-electron chi connectivity index (χ1n) is 7.04. The molecule has 0 spiro atoms. The van der Waals surface area contributed by atoms with Crippen LogP contribution in [0.4, 0.5) is 5.69 Å². The van der Waals surface area contributed by atoms with Crippen molar-refractivity contribution < 1.29 is 5.21 Å². The summed E-state index contributed by atoms with van der Waals surface area (Å²) in [5, 5.41) is 11.4. The Morgan fingerprint density at radius 3 is 2.70 bits per heavy atom. The van der Waals surface area contributed by atoms with Gasteiger partial charge in [0.05, 0.1) is 15.6 Å². The van der Waals surface area contributed by atoms with Crippen molar-refractivity contribution in [1.29, 1.82) is 0 Å². The highest BCUT2D eigenvalue weighted by molar-refractivity contribution is 7.15. The second-order valence-corrected chi connectivity index (χ2v) is 6.32. The quantitative estimate of drug-likeness (QED) is 0.664. The molecule has 0 aliphatic heterocycles. The van der Waals surface area contributed by atoms with Crippen LogP contribution in [0.2, 0.25) is 0 Å². The third-order valence-corrected chi connectivity index (χ3v) is 5.09. The number of thiazole rings is 1. The lowest BCUT2D eigenvalue weighted by molar-refractivity contribution is 0.258. The highest BCUT2D eigenvalue weighted by Gasteiger charge is 2.20. The van der Waals surface area contributed by atoms with Gasteiger partial charge in [-0.1, -0.05) is 37.5 Å². The number of para-hydroxylation sites is 1. The van der Waals surface area contributed by atoms with E-state index in [2.05, 4.69) is 4.98 Å². The van der Waals surface area contributed by atoms with E-state index in [9.17, 15) is 5.21 Å². The van der Waals surface area contributed by atoms with Gasteiger partial charge in [0.1, 0.15) is 0 Å². The van der Waals surface area contributed by atoms with E-state index in [1.54, 1.807) is 17.4 Å². The molecule has 3 rings (SSSR count). The Balaban J connectivity index is 1.90. The summed E-state index contributed by atoms with van der Waals surface area (Å²) in [6.45, 7) is 0. The van der Waals surface area contributed by atoms with Crippen molar-refractivity contribution in [3.63, 3.8) is 0 Å². The minimum absolute atomic E-state index is 0.603. The zero-order valence-corrected chi connectivity index (χ0v) is 12.1. The second-order valence-electron chi connectivity index (χ2n) is 5.26. The maximum Gasteiger partial charge on any atom is 0.0962 e. The summed E-state index contributed by atoms with van der Waals surface area (Å²) in [7, 11) is 0. The number of aromatic nitrogens is 1. The Kier molecular flexibility index (Phi) is 4.00. The number of hydrogen-bond donors (Lipinski definition) is 2. The largest absolute Gasteiger partial charge is 0.273 e. The first kappa shape index (κ1) is 13.5. The Bertz CT molecular complexity index is 576. The summed E-state index contributed by atoms with van der Waals surface area (Å²) < 4.78 is 0. The van der Waals surface area contributed by atoms with E-state index < -0.39 is 0 Å². The van der Waals surface area contributed by atoms with E-state index >= 15 is 0 Å². The van der Waals surface area contributed by atoms with Crippen LogP contribution in [0.3, 0.4) is 0 Å². The molecule has 3 N–H and O–H groups in total. The van der Waals surface area contributed by atoms with Crippen LogP contribution in [0, 0.1) is 0 Å². The van der Waals surface area contributed by atoms with Gasteiger partial charge in [0.2, 0.25) is 0 Å². The van der Waals surface area contributed by atoms with Crippen molar-refractivity contribution in [2.75, 3.05) is 5.17 Å². The van der Waals surface area contributed by atoms with Gasteiger partial charge in [-0.3, -0.25) is 5.21 Å². The zero-order chi connectivity index (χ0) is 13.9. The van der Waals surface area contributed by atoms with Gasteiger partial charge in [-0.2, -0.15) is 5.17 Å². The van der Waals surface area contributed by atoms with E-state index in [1.165, 1.54) is 37.1 Å². The maximum atomic E-state index is 9.52. The average molecular weight is 289 g/mol. The van der Waals surface area contributed by atoms with E-state index in [0.29, 0.717) is 16.8 Å². The van der Waals surface area contributed by atoms with Gasteiger partial charge in [0, 0.05) is 17.7 Å². The molecular weight excluding hydrogens is 270 g/mol. The zero-order valence-electron chi connectivity index (χ0n) is 11.3. The van der Waals surface area contributed by atoms with Crippen LogP contribution in [0.15, 0.2) is 30.5 Å². The third-order valence-electron chi connectivity index (χ3n) is 3.89. The molecule has 1 aromatic heterocycles. The average Bonchev–Trinajstić information content (AvgIpc) is 2.98. The molecule has 5 heteroatoms. The highest BCUT2D eigenvalue weighted by atomic mass is 32.1. The Morgan fingerprint density at radius 2 is 1.95 bits per heavy atom. The molecule has 4 nitrogen and oxygen atoms in total. The number of hydrazine groups is 1. The lowest BCUT2D eigenvalue weighted by atomic mass is 9.90. The molecule has 0 amide bonds. The maximum absolute atomic E-state index is 9.52. The summed E-state index contributed by atoms with van der Waals surface area (Å²) >= 11 is 1.72. The normalized spacial score (nSPS) is 16.3. The molecular formula is C15H19N3OS. The summed E-state index contributed by atoms with van der Waals surface area (Å²) in [5.41, 5.74) is 1.53. The summed E-state index contributed by atoms with van der Waals surface area (Å²) in [4.78, 5) is 5.66. The number of rotatable bonds is 3. The van der Waals surface area contributed by atoms with E-state index in [0.717, 1.165) is 10.4 Å². The molecule has 1 fully saturated rings. The monoisotopic (exact) mass is 289 g/mol. The number of benzene rings is 1. The van der Waals surface area contributed by atoms with Crippen LogP contribution < -0.4 is 11.0 Å². The predicted molar refractivity (Wildman–Crippen MR) is 81.8 cm³/mol. The fourth-order valence-corrected chi connectivity index (χ4v) is 3.95. The molecule has 106 valence electrons. The minimum Gasteiger partial charge on any atom is -0.273 e. The summed E-state index contributed by atoms with van der Waals surface area (Å²) in [6.07, 6.45) is 8.36. The lowest BCUT2D eigenvalue weighted by Crippen LogP contribution is -2.26. The second kappa shape index (κ2) is 5.91. The topological polar surface area (TPSA) is 62.4 Å². The van der Waals surface area contributed by atoms with Gasteiger partial charge in [0.25, 0.3) is 0 Å².